The van der Waals surface area contributed by atoms with Crippen LogP contribution in [0.25, 0.3) is 0 Å². The van der Waals surface area contributed by atoms with Gasteiger partial charge < -0.3 is 14.9 Å². The lowest BCUT2D eigenvalue weighted by Gasteiger charge is -2.03. The van der Waals surface area contributed by atoms with Crippen molar-refractivity contribution in [1.29, 1.82) is 0 Å². The van der Waals surface area contributed by atoms with E-state index in [1.165, 1.54) is 108 Å². The maximum Gasteiger partial charge on any atom is 0.338 e. The third-order valence-electron chi connectivity index (χ3n) is 5.85. The molecule has 0 saturated heterocycles. The summed E-state index contributed by atoms with van der Waals surface area (Å²) in [5.74, 6) is -0.187. The molecule has 0 bridgehead atoms. The van der Waals surface area contributed by atoms with Gasteiger partial charge >= 0.3 is 5.97 Å². The Kier molecular flexibility index (Phi) is 23.9. The number of hydrogen-bond donors (Lipinski definition) is 2. The minimum Gasteiger partial charge on any atom is -0.508 e. The summed E-state index contributed by atoms with van der Waals surface area (Å²) in [6.07, 6.45) is 24.1. The van der Waals surface area contributed by atoms with Crippen LogP contribution in [0.2, 0.25) is 0 Å². The smallest absolute Gasteiger partial charge is 0.338 e. The van der Waals surface area contributed by atoms with Gasteiger partial charge in [0.25, 0.3) is 0 Å². The Labute approximate surface area is 204 Å². The van der Waals surface area contributed by atoms with Gasteiger partial charge in [-0.1, -0.05) is 117 Å². The van der Waals surface area contributed by atoms with Crippen molar-refractivity contribution in [2.75, 3.05) is 13.2 Å². The van der Waals surface area contributed by atoms with Crippen LogP contribution in [0.1, 0.15) is 140 Å². The molecule has 33 heavy (non-hydrogen) atoms. The topological polar surface area (TPSA) is 66.8 Å². The fourth-order valence-electron chi connectivity index (χ4n) is 3.65. The van der Waals surface area contributed by atoms with Crippen molar-refractivity contribution in [3.63, 3.8) is 0 Å². The Morgan fingerprint density at radius 1 is 0.636 bits per heavy atom. The lowest BCUT2D eigenvalue weighted by atomic mass is 10.0. The van der Waals surface area contributed by atoms with E-state index in [0.29, 0.717) is 18.8 Å². The molecule has 0 radical (unpaired) electrons. The minimum atomic E-state index is -0.335. The van der Waals surface area contributed by atoms with Crippen LogP contribution in [0, 0.1) is 0 Å². The number of aromatic hydroxyl groups is 1. The molecule has 0 heterocycles. The second-order valence-corrected chi connectivity index (χ2v) is 9.06. The molecule has 4 nitrogen and oxygen atoms in total. The largest absolute Gasteiger partial charge is 0.508 e. The number of benzene rings is 1. The second kappa shape index (κ2) is 25.1. The highest BCUT2D eigenvalue weighted by Crippen LogP contribution is 2.13. The van der Waals surface area contributed by atoms with Gasteiger partial charge in [0.05, 0.1) is 12.2 Å². The summed E-state index contributed by atoms with van der Waals surface area (Å²) in [6, 6.07) is 6.03. The molecule has 0 aliphatic carbocycles. The summed E-state index contributed by atoms with van der Waals surface area (Å²) in [7, 11) is 0. The molecule has 0 fully saturated rings. The molecule has 1 rings (SSSR count). The predicted molar refractivity (Wildman–Crippen MR) is 140 cm³/mol. The number of esters is 1. The first-order chi connectivity index (χ1) is 16.2. The molecule has 0 saturated carbocycles. The molecular formula is C29H52O4. The van der Waals surface area contributed by atoms with Crippen LogP contribution in [-0.4, -0.2) is 29.4 Å². The molecule has 1 aromatic rings. The van der Waals surface area contributed by atoms with Crippen molar-refractivity contribution in [2.45, 2.75) is 129 Å². The molecule has 0 atom stereocenters. The monoisotopic (exact) mass is 464 g/mol. The van der Waals surface area contributed by atoms with Gasteiger partial charge in [-0.25, -0.2) is 4.79 Å². The second-order valence-electron chi connectivity index (χ2n) is 9.06. The first-order valence-electron chi connectivity index (χ1n) is 13.7. The quantitative estimate of drug-likeness (QED) is 0.150. The highest BCUT2D eigenvalue weighted by Gasteiger charge is 2.05. The van der Waals surface area contributed by atoms with Gasteiger partial charge in [0, 0.05) is 6.61 Å². The van der Waals surface area contributed by atoms with E-state index in [1.54, 1.807) is 12.1 Å². The normalized spacial score (nSPS) is 10.5. The minimum absolute atomic E-state index is 0.148. The van der Waals surface area contributed by atoms with E-state index in [0.717, 1.165) is 19.3 Å². The Morgan fingerprint density at radius 3 is 1.42 bits per heavy atom. The summed E-state index contributed by atoms with van der Waals surface area (Å²) in [4.78, 5) is 11.3. The number of carbonyl (C=O) groups excluding carboxylic acids is 1. The Balaban J connectivity index is 0.000000647. The zero-order valence-electron chi connectivity index (χ0n) is 21.7. The summed E-state index contributed by atoms with van der Waals surface area (Å²) in [5.41, 5.74) is 0.471. The molecule has 2 N–H and O–H groups in total. The summed E-state index contributed by atoms with van der Waals surface area (Å²) >= 11 is 0. The molecule has 0 aromatic heterocycles. The fraction of sp³-hybridized carbons (Fsp3) is 0.759. The third kappa shape index (κ3) is 22.0. The fourth-order valence-corrected chi connectivity index (χ4v) is 3.65. The Bertz CT molecular complexity index is 511. The molecule has 192 valence electrons. The van der Waals surface area contributed by atoms with Gasteiger partial charge in [0.15, 0.2) is 0 Å². The van der Waals surface area contributed by atoms with Gasteiger partial charge in [0.2, 0.25) is 0 Å². The zero-order chi connectivity index (χ0) is 24.4. The average Bonchev–Trinajstić information content (AvgIpc) is 2.82. The van der Waals surface area contributed by atoms with Crippen molar-refractivity contribution in [3.05, 3.63) is 29.8 Å². The summed E-state index contributed by atoms with van der Waals surface area (Å²) in [6.45, 7) is 5.15. The number of aliphatic hydroxyl groups excluding tert-OH is 1. The average molecular weight is 465 g/mol. The third-order valence-corrected chi connectivity index (χ3v) is 5.85. The van der Waals surface area contributed by atoms with E-state index >= 15 is 0 Å². The maximum atomic E-state index is 11.3. The molecule has 1 aromatic carbocycles. The van der Waals surface area contributed by atoms with Crippen LogP contribution in [0.5, 0.6) is 5.75 Å². The number of carbonyl (C=O) groups is 1. The molecule has 0 spiro atoms. The van der Waals surface area contributed by atoms with Crippen LogP contribution in [0.15, 0.2) is 24.3 Å². The van der Waals surface area contributed by atoms with Crippen LogP contribution in [-0.2, 0) is 4.74 Å². The van der Waals surface area contributed by atoms with E-state index in [9.17, 15) is 4.79 Å². The van der Waals surface area contributed by atoms with Gasteiger partial charge in [-0.3, -0.25) is 0 Å². The first kappa shape index (κ1) is 31.4. The van der Waals surface area contributed by atoms with E-state index in [4.69, 9.17) is 14.9 Å². The first-order valence-corrected chi connectivity index (χ1v) is 13.7. The Hall–Kier alpha value is -1.55. The van der Waals surface area contributed by atoms with Gasteiger partial charge in [-0.2, -0.15) is 0 Å². The Morgan fingerprint density at radius 2 is 1.03 bits per heavy atom. The number of unbranched alkanes of at least 4 members (excludes halogenated alkanes) is 16. The number of phenols is 1. The van der Waals surface area contributed by atoms with E-state index in [-0.39, 0.29) is 11.7 Å². The zero-order valence-corrected chi connectivity index (χ0v) is 21.7. The molecule has 0 aliphatic rings. The highest BCUT2D eigenvalue weighted by molar-refractivity contribution is 5.89. The number of ether oxygens (including phenoxy) is 1. The predicted octanol–water partition coefficient (Wildman–Crippen LogP) is 8.59. The number of phenolic OH excluding ortho intramolecular Hbond substituents is 1. The van der Waals surface area contributed by atoms with Crippen molar-refractivity contribution >= 4 is 5.97 Å². The van der Waals surface area contributed by atoms with E-state index in [1.807, 2.05) is 6.92 Å². The summed E-state index contributed by atoms with van der Waals surface area (Å²) in [5, 5.41) is 17.7. The van der Waals surface area contributed by atoms with Gasteiger partial charge in [-0.05, 0) is 37.1 Å². The number of aliphatic hydroxyl groups is 1. The lowest BCUT2D eigenvalue weighted by molar-refractivity contribution is 0.0499. The van der Waals surface area contributed by atoms with Crippen molar-refractivity contribution in [3.8, 4) is 5.75 Å². The molecule has 0 unspecified atom stereocenters. The standard InChI is InChI=1S/C18H38O.C11H14O3/c1-2-3-4-5-6-7-8-9-10-11-12-13-14-15-16-17-18-19;1-2-3-8-14-11(13)9-4-6-10(12)7-5-9/h19H,2-18H2,1H3;4-7,12H,2-3,8H2,1H3. The van der Waals surface area contributed by atoms with Crippen LogP contribution in [0.3, 0.4) is 0 Å². The van der Waals surface area contributed by atoms with E-state index < -0.39 is 0 Å². The van der Waals surface area contributed by atoms with Crippen LogP contribution >= 0.6 is 0 Å². The lowest BCUT2D eigenvalue weighted by Crippen LogP contribution is -2.05. The number of rotatable bonds is 20. The SMILES string of the molecule is CCCCCCCCCCCCCCCCCCO.CCCCOC(=O)c1ccc(O)cc1. The van der Waals surface area contributed by atoms with Gasteiger partial charge in [-0.15, -0.1) is 0 Å². The molecular weight excluding hydrogens is 412 g/mol. The maximum absolute atomic E-state index is 11.3. The summed E-state index contributed by atoms with van der Waals surface area (Å²) < 4.78 is 4.99. The van der Waals surface area contributed by atoms with Gasteiger partial charge in [0.1, 0.15) is 5.75 Å². The van der Waals surface area contributed by atoms with Crippen molar-refractivity contribution in [1.82, 2.24) is 0 Å². The van der Waals surface area contributed by atoms with Crippen LogP contribution < -0.4 is 0 Å². The van der Waals surface area contributed by atoms with Crippen molar-refractivity contribution < 1.29 is 19.7 Å². The molecule has 4 heteroatoms. The highest BCUT2D eigenvalue weighted by atomic mass is 16.5. The number of hydrogen-bond acceptors (Lipinski definition) is 4. The van der Waals surface area contributed by atoms with E-state index in [2.05, 4.69) is 6.92 Å². The van der Waals surface area contributed by atoms with Crippen molar-refractivity contribution in [2.24, 2.45) is 0 Å². The molecule has 0 aliphatic heterocycles. The molecule has 0 amide bonds. The van der Waals surface area contributed by atoms with Crippen LogP contribution in [0.4, 0.5) is 0 Å².